The first-order chi connectivity index (χ1) is 3.81. The van der Waals surface area contributed by atoms with Crippen molar-refractivity contribution in [1.29, 1.82) is 0 Å². The summed E-state index contributed by atoms with van der Waals surface area (Å²) < 4.78 is 13.9. The summed E-state index contributed by atoms with van der Waals surface area (Å²) in [5.41, 5.74) is 4.83. The van der Waals surface area contributed by atoms with E-state index >= 15 is 0 Å². The third-order valence-electron chi connectivity index (χ3n) is 0.445. The van der Waals surface area contributed by atoms with Crippen LogP contribution in [-0.2, 0) is 14.1 Å². The van der Waals surface area contributed by atoms with Gasteiger partial charge >= 0.3 is 35.5 Å². The molecule has 48 valence electrons. The van der Waals surface area contributed by atoms with E-state index in [1.807, 2.05) is 0 Å². The second-order valence-corrected chi connectivity index (χ2v) is 1.50. The van der Waals surface area contributed by atoms with Gasteiger partial charge in [0.1, 0.15) is 0 Å². The second-order valence-electron chi connectivity index (χ2n) is 0.979. The monoisotopic (exact) mass is 159 g/mol. The first kappa shape index (κ1) is 12.2. The van der Waals surface area contributed by atoms with Gasteiger partial charge in [0.2, 0.25) is 0 Å². The van der Waals surface area contributed by atoms with E-state index in [-0.39, 0.29) is 52.3 Å². The van der Waals surface area contributed by atoms with Crippen LogP contribution in [0, 0.1) is 0 Å². The summed E-state index contributed by atoms with van der Waals surface area (Å²) in [6.07, 6.45) is -0.101. The number of hydrogen-bond acceptors (Lipinski definition) is 4. The topological polar surface area (TPSA) is 69.4 Å². The van der Waals surface area contributed by atoms with Gasteiger partial charge in [-0.3, -0.25) is 9.36 Å². The van der Waals surface area contributed by atoms with Crippen LogP contribution in [0.2, 0.25) is 0 Å². The Labute approximate surface area is 78.1 Å². The fraction of sp³-hybridized carbons (Fsp3) is 0.667. The van der Waals surface area contributed by atoms with Crippen LogP contribution in [0.15, 0.2) is 0 Å². The Balaban J connectivity index is -0.000000245. The van der Waals surface area contributed by atoms with Crippen molar-refractivity contribution in [2.45, 2.75) is 0 Å². The number of esters is 1. The van der Waals surface area contributed by atoms with Crippen LogP contribution in [0.3, 0.4) is 0 Å². The number of nitrogens with two attached hydrogens (primary N) is 1. The molecule has 2 N–H and O–H groups in total. The molecule has 0 atom stereocenters. The van der Waals surface area contributed by atoms with Gasteiger partial charge in [0.05, 0.1) is 6.54 Å². The minimum absolute atomic E-state index is 0. The Kier molecular flexibility index (Phi) is 11.6. The van der Waals surface area contributed by atoms with Crippen LogP contribution >= 0.6 is 8.46 Å². The second kappa shape index (κ2) is 8.53. The molecule has 6 heteroatoms. The quantitative estimate of drug-likeness (QED) is 0.268. The number of rotatable bonds is 3. The number of hydrogen-bond donors (Lipinski definition) is 1. The average Bonchev–Trinajstić information content (AvgIpc) is 1.83. The van der Waals surface area contributed by atoms with E-state index in [1.54, 1.807) is 0 Å². The SMILES string of the molecule is NCC(=O)OCP=O.[H-].[Na+]. The molecule has 0 heterocycles. The van der Waals surface area contributed by atoms with Crippen molar-refractivity contribution in [3.8, 4) is 0 Å². The Morgan fingerprint density at radius 1 is 1.78 bits per heavy atom. The summed E-state index contributed by atoms with van der Waals surface area (Å²) in [5.74, 6) is -0.534. The zero-order valence-corrected chi connectivity index (χ0v) is 8.06. The van der Waals surface area contributed by atoms with Gasteiger partial charge in [0, 0.05) is 0 Å². The molecular formula is C3H7NNaO3P. The van der Waals surface area contributed by atoms with Crippen LogP contribution in [0.4, 0.5) is 0 Å². The Morgan fingerprint density at radius 2 is 2.33 bits per heavy atom. The van der Waals surface area contributed by atoms with Gasteiger partial charge in [-0.05, 0) is 0 Å². The number of ether oxygens (including phenoxy) is 1. The molecule has 0 amide bonds. The maximum Gasteiger partial charge on any atom is 1.00 e. The normalized spacial score (nSPS) is 8.11. The van der Waals surface area contributed by atoms with E-state index < -0.39 is 5.97 Å². The summed E-state index contributed by atoms with van der Waals surface area (Å²) in [6, 6.07) is 0. The molecule has 0 aromatic heterocycles. The van der Waals surface area contributed by atoms with E-state index in [1.165, 1.54) is 0 Å². The molecule has 0 aliphatic carbocycles. The van der Waals surface area contributed by atoms with Gasteiger partial charge in [-0.15, -0.1) is 0 Å². The third-order valence-corrected chi connectivity index (χ3v) is 0.679. The van der Waals surface area contributed by atoms with Gasteiger partial charge < -0.3 is 11.9 Å². The van der Waals surface area contributed by atoms with Gasteiger partial charge in [-0.25, -0.2) is 0 Å². The summed E-state index contributed by atoms with van der Waals surface area (Å²) in [7, 11) is -0.199. The molecule has 0 unspecified atom stereocenters. The molecule has 0 fully saturated rings. The Hall–Kier alpha value is 0.530. The molecule has 0 aliphatic heterocycles. The van der Waals surface area contributed by atoms with E-state index in [0.717, 1.165) is 0 Å². The molecule has 9 heavy (non-hydrogen) atoms. The molecule has 0 spiro atoms. The maximum absolute atomic E-state index is 10.1. The van der Waals surface area contributed by atoms with E-state index in [9.17, 15) is 9.36 Å². The predicted octanol–water partition coefficient (Wildman–Crippen LogP) is -3.15. The average molecular weight is 159 g/mol. The molecule has 0 aromatic rings. The summed E-state index contributed by atoms with van der Waals surface area (Å²) in [6.45, 7) is -0.157. The first-order valence-electron chi connectivity index (χ1n) is 1.96. The standard InChI is InChI=1S/C3H6NO3P.Na.H/c4-1-3(5)7-2-8-6;;/h1-2,4H2;;/q;+1;-1. The Morgan fingerprint density at radius 3 is 2.67 bits per heavy atom. The van der Waals surface area contributed by atoms with E-state index in [2.05, 4.69) is 4.74 Å². The molecule has 0 bridgehead atoms. The number of carbonyl (C=O) groups excluding carboxylic acids is 1. The van der Waals surface area contributed by atoms with Crippen molar-refractivity contribution in [2.24, 2.45) is 5.73 Å². The van der Waals surface area contributed by atoms with E-state index in [0.29, 0.717) is 0 Å². The molecular weight excluding hydrogens is 152 g/mol. The first-order valence-corrected chi connectivity index (χ1v) is 2.96. The van der Waals surface area contributed by atoms with Crippen LogP contribution in [0.5, 0.6) is 0 Å². The molecule has 0 rings (SSSR count). The van der Waals surface area contributed by atoms with Crippen LogP contribution < -0.4 is 35.3 Å². The Bertz CT molecular complexity index is 104. The van der Waals surface area contributed by atoms with Crippen molar-refractivity contribution in [1.82, 2.24) is 0 Å². The minimum atomic E-state index is -0.534. The van der Waals surface area contributed by atoms with Crippen LogP contribution in [0.25, 0.3) is 0 Å². The minimum Gasteiger partial charge on any atom is -1.00 e. The molecule has 0 radical (unpaired) electrons. The van der Waals surface area contributed by atoms with Crippen molar-refractivity contribution in [3.05, 3.63) is 0 Å². The zero-order chi connectivity index (χ0) is 6.41. The number of carbonyl (C=O) groups is 1. The zero-order valence-electron chi connectivity index (χ0n) is 6.16. The third kappa shape index (κ3) is 8.53. The van der Waals surface area contributed by atoms with Gasteiger partial charge in [-0.1, -0.05) is 0 Å². The van der Waals surface area contributed by atoms with Crippen LogP contribution in [0.1, 0.15) is 1.43 Å². The van der Waals surface area contributed by atoms with Crippen LogP contribution in [-0.4, -0.2) is 18.9 Å². The molecule has 4 nitrogen and oxygen atoms in total. The largest absolute Gasteiger partial charge is 1.00 e. The van der Waals surface area contributed by atoms with Crippen molar-refractivity contribution in [3.63, 3.8) is 0 Å². The molecule has 0 saturated heterocycles. The van der Waals surface area contributed by atoms with Gasteiger partial charge in [0.15, 0.2) is 14.8 Å². The fourth-order valence-electron chi connectivity index (χ4n) is 0.157. The van der Waals surface area contributed by atoms with Gasteiger partial charge in [-0.2, -0.15) is 0 Å². The predicted molar refractivity (Wildman–Crippen MR) is 28.7 cm³/mol. The van der Waals surface area contributed by atoms with Crippen molar-refractivity contribution < 1.29 is 45.1 Å². The van der Waals surface area contributed by atoms with Crippen molar-refractivity contribution in [2.75, 3.05) is 12.9 Å². The smallest absolute Gasteiger partial charge is 1.00 e. The van der Waals surface area contributed by atoms with Gasteiger partial charge in [0.25, 0.3) is 0 Å². The van der Waals surface area contributed by atoms with Crippen molar-refractivity contribution >= 4 is 14.4 Å². The summed E-state index contributed by atoms with van der Waals surface area (Å²) in [5, 5.41) is 0. The molecule has 0 aliphatic rings. The summed E-state index contributed by atoms with van der Waals surface area (Å²) >= 11 is 0. The summed E-state index contributed by atoms with van der Waals surface area (Å²) in [4.78, 5) is 10.1. The molecule has 0 saturated carbocycles. The van der Waals surface area contributed by atoms with E-state index in [4.69, 9.17) is 5.73 Å². The maximum atomic E-state index is 10.1. The fourth-order valence-corrected chi connectivity index (χ4v) is 0.354. The molecule has 0 aromatic carbocycles.